The number of halogens is 1. The third-order valence-electron chi connectivity index (χ3n) is 3.61. The number of hydrogen-bond donors (Lipinski definition) is 1. The highest BCUT2D eigenvalue weighted by molar-refractivity contribution is 7.89. The zero-order valence-electron chi connectivity index (χ0n) is 11.5. The van der Waals surface area contributed by atoms with E-state index in [0.29, 0.717) is 0 Å². The van der Waals surface area contributed by atoms with Gasteiger partial charge in [-0.2, -0.15) is 4.31 Å². The topological polar surface area (TPSA) is 89.7 Å². The maximum Gasteiger partial charge on any atom is 0.246 e. The molecule has 8 heteroatoms. The number of amides is 1. The second kappa shape index (κ2) is 6.08. The van der Waals surface area contributed by atoms with Gasteiger partial charge in [0.15, 0.2) is 0 Å². The number of hydrogen-bond acceptors (Lipinski definition) is 4. The highest BCUT2D eigenvalue weighted by Gasteiger charge is 2.42. The van der Waals surface area contributed by atoms with E-state index < -0.39 is 32.6 Å². The fourth-order valence-corrected chi connectivity index (χ4v) is 4.11. The first-order chi connectivity index (χ1) is 9.87. The summed E-state index contributed by atoms with van der Waals surface area (Å²) in [6.45, 7) is 0.245. The van der Waals surface area contributed by atoms with Crippen molar-refractivity contribution in [2.24, 2.45) is 17.6 Å². The van der Waals surface area contributed by atoms with Crippen LogP contribution in [0.1, 0.15) is 0 Å². The number of ether oxygens (including phenoxy) is 1. The lowest BCUT2D eigenvalue weighted by atomic mass is 9.96. The van der Waals surface area contributed by atoms with Gasteiger partial charge < -0.3 is 10.5 Å². The smallest absolute Gasteiger partial charge is 0.246 e. The van der Waals surface area contributed by atoms with Crippen molar-refractivity contribution in [3.8, 4) is 0 Å². The number of rotatable bonds is 5. The second-order valence-electron chi connectivity index (χ2n) is 4.98. The van der Waals surface area contributed by atoms with Crippen LogP contribution >= 0.6 is 0 Å². The molecule has 6 nitrogen and oxygen atoms in total. The SMILES string of the molecule is COC[C@@H]1CN(S(=O)(=O)c2ccccc2F)C[C@H]1C(N)=O. The van der Waals surface area contributed by atoms with Crippen LogP contribution in [-0.4, -0.2) is 45.4 Å². The predicted molar refractivity (Wildman–Crippen MR) is 73.2 cm³/mol. The first kappa shape index (κ1) is 15.9. The lowest BCUT2D eigenvalue weighted by Crippen LogP contribution is -2.32. The normalized spacial score (nSPS) is 23.3. The molecule has 1 aliphatic rings. The van der Waals surface area contributed by atoms with E-state index in [1.165, 1.54) is 25.3 Å². The van der Waals surface area contributed by atoms with Crippen molar-refractivity contribution in [3.05, 3.63) is 30.1 Å². The molecular weight excluding hydrogens is 299 g/mol. The highest BCUT2D eigenvalue weighted by Crippen LogP contribution is 2.29. The van der Waals surface area contributed by atoms with Gasteiger partial charge in [-0.25, -0.2) is 12.8 Å². The molecule has 2 N–H and O–H groups in total. The van der Waals surface area contributed by atoms with E-state index in [1.807, 2.05) is 0 Å². The van der Waals surface area contributed by atoms with E-state index in [-0.39, 0.29) is 25.6 Å². The van der Waals surface area contributed by atoms with Gasteiger partial charge in [0.25, 0.3) is 0 Å². The van der Waals surface area contributed by atoms with E-state index in [0.717, 1.165) is 10.4 Å². The Balaban J connectivity index is 2.30. The van der Waals surface area contributed by atoms with E-state index >= 15 is 0 Å². The Hall–Kier alpha value is -1.51. The van der Waals surface area contributed by atoms with Gasteiger partial charge in [-0.1, -0.05) is 12.1 Å². The van der Waals surface area contributed by atoms with Crippen LogP contribution < -0.4 is 5.73 Å². The fraction of sp³-hybridized carbons (Fsp3) is 0.462. The van der Waals surface area contributed by atoms with Crippen LogP contribution in [0.5, 0.6) is 0 Å². The number of primary amides is 1. The van der Waals surface area contributed by atoms with Crippen molar-refractivity contribution in [1.82, 2.24) is 4.31 Å². The highest BCUT2D eigenvalue weighted by atomic mass is 32.2. The summed E-state index contributed by atoms with van der Waals surface area (Å²) in [7, 11) is -2.53. The summed E-state index contributed by atoms with van der Waals surface area (Å²) < 4.78 is 44.7. The molecule has 1 aliphatic heterocycles. The van der Waals surface area contributed by atoms with Crippen LogP contribution in [-0.2, 0) is 19.6 Å². The third kappa shape index (κ3) is 3.07. The minimum absolute atomic E-state index is 0.0555. The summed E-state index contributed by atoms with van der Waals surface area (Å²) in [6.07, 6.45) is 0. The Bertz CT molecular complexity index is 635. The molecule has 21 heavy (non-hydrogen) atoms. The summed E-state index contributed by atoms with van der Waals surface area (Å²) in [5.41, 5.74) is 5.30. The molecule has 1 aromatic carbocycles. The average Bonchev–Trinajstić information content (AvgIpc) is 2.84. The molecule has 0 unspecified atom stereocenters. The number of carbonyl (C=O) groups is 1. The Labute approximate surface area is 122 Å². The molecule has 2 atom stereocenters. The molecule has 0 aliphatic carbocycles. The summed E-state index contributed by atoms with van der Waals surface area (Å²) in [5.74, 6) is -2.35. The third-order valence-corrected chi connectivity index (χ3v) is 5.47. The van der Waals surface area contributed by atoms with Gasteiger partial charge in [0.1, 0.15) is 10.7 Å². The largest absolute Gasteiger partial charge is 0.384 e. The lowest BCUT2D eigenvalue weighted by molar-refractivity contribution is -0.122. The van der Waals surface area contributed by atoms with Crippen molar-refractivity contribution < 1.29 is 22.3 Å². The van der Waals surface area contributed by atoms with E-state index in [4.69, 9.17) is 10.5 Å². The standard InChI is InChI=1S/C13H17FN2O4S/c1-20-8-9-6-16(7-10(9)13(15)17)21(18,19)12-5-3-2-4-11(12)14/h2-5,9-10H,6-8H2,1H3,(H2,15,17)/t9-,10+/m0/s1. The van der Waals surface area contributed by atoms with E-state index in [2.05, 4.69) is 0 Å². The molecule has 0 bridgehead atoms. The van der Waals surface area contributed by atoms with Crippen molar-refractivity contribution in [1.29, 1.82) is 0 Å². The molecule has 2 rings (SSSR count). The van der Waals surface area contributed by atoms with Crippen LogP contribution in [0.3, 0.4) is 0 Å². The first-order valence-corrected chi connectivity index (χ1v) is 7.85. The van der Waals surface area contributed by atoms with E-state index in [1.54, 1.807) is 0 Å². The summed E-state index contributed by atoms with van der Waals surface area (Å²) in [4.78, 5) is 11.0. The molecule has 1 aromatic rings. The maximum atomic E-state index is 13.7. The van der Waals surface area contributed by atoms with Crippen molar-refractivity contribution in [2.45, 2.75) is 4.90 Å². The van der Waals surface area contributed by atoms with Gasteiger partial charge in [0.05, 0.1) is 12.5 Å². The van der Waals surface area contributed by atoms with Crippen molar-refractivity contribution in [3.63, 3.8) is 0 Å². The number of methoxy groups -OCH3 is 1. The van der Waals surface area contributed by atoms with Gasteiger partial charge in [0.2, 0.25) is 15.9 Å². The summed E-state index contributed by atoms with van der Waals surface area (Å²) in [5, 5.41) is 0. The molecular formula is C13H17FN2O4S. The fourth-order valence-electron chi connectivity index (χ4n) is 2.53. The van der Waals surface area contributed by atoms with E-state index in [9.17, 15) is 17.6 Å². The second-order valence-corrected chi connectivity index (χ2v) is 6.88. The molecule has 116 valence electrons. The summed E-state index contributed by atoms with van der Waals surface area (Å²) in [6, 6.07) is 5.15. The zero-order chi connectivity index (χ0) is 15.6. The molecule has 0 spiro atoms. The Morgan fingerprint density at radius 3 is 2.67 bits per heavy atom. The molecule has 1 saturated heterocycles. The van der Waals surface area contributed by atoms with Crippen LogP contribution in [0.25, 0.3) is 0 Å². The summed E-state index contributed by atoms with van der Waals surface area (Å²) >= 11 is 0. The minimum atomic E-state index is -3.99. The Morgan fingerprint density at radius 2 is 2.10 bits per heavy atom. The van der Waals surface area contributed by atoms with Crippen LogP contribution in [0, 0.1) is 17.7 Å². The van der Waals surface area contributed by atoms with Crippen LogP contribution in [0.15, 0.2) is 29.2 Å². The molecule has 0 radical (unpaired) electrons. The van der Waals surface area contributed by atoms with Crippen LogP contribution in [0.4, 0.5) is 4.39 Å². The van der Waals surface area contributed by atoms with Gasteiger partial charge in [0, 0.05) is 26.1 Å². The number of benzene rings is 1. The Kier molecular flexibility index (Phi) is 4.60. The molecule has 1 heterocycles. The number of nitrogens with two attached hydrogens (primary N) is 1. The van der Waals surface area contributed by atoms with Gasteiger partial charge in [-0.3, -0.25) is 4.79 Å². The Morgan fingerprint density at radius 1 is 1.43 bits per heavy atom. The molecule has 0 aromatic heterocycles. The molecule has 1 fully saturated rings. The van der Waals surface area contributed by atoms with Gasteiger partial charge in [-0.05, 0) is 12.1 Å². The zero-order valence-corrected chi connectivity index (χ0v) is 12.3. The monoisotopic (exact) mass is 316 g/mol. The van der Waals surface area contributed by atoms with Crippen molar-refractivity contribution >= 4 is 15.9 Å². The van der Waals surface area contributed by atoms with Gasteiger partial charge >= 0.3 is 0 Å². The number of nitrogens with zero attached hydrogens (tertiary/aromatic N) is 1. The lowest BCUT2D eigenvalue weighted by Gasteiger charge is -2.16. The number of carbonyl (C=O) groups excluding carboxylic acids is 1. The number of sulfonamides is 1. The predicted octanol–water partition coefficient (Wildman–Crippen LogP) is 0.194. The molecule has 1 amide bonds. The maximum absolute atomic E-state index is 13.7. The van der Waals surface area contributed by atoms with Crippen LogP contribution in [0.2, 0.25) is 0 Å². The molecule has 0 saturated carbocycles. The average molecular weight is 316 g/mol. The first-order valence-electron chi connectivity index (χ1n) is 6.41. The quantitative estimate of drug-likeness (QED) is 0.840. The van der Waals surface area contributed by atoms with Crippen molar-refractivity contribution in [2.75, 3.05) is 26.8 Å². The van der Waals surface area contributed by atoms with Gasteiger partial charge in [-0.15, -0.1) is 0 Å². The minimum Gasteiger partial charge on any atom is -0.384 e.